The summed E-state index contributed by atoms with van der Waals surface area (Å²) < 4.78 is 5.78. The zero-order valence-electron chi connectivity index (χ0n) is 22.4. The number of para-hydroxylation sites is 1. The number of carbonyl (C=O) groups is 3. The average molecular weight is 554 g/mol. The van der Waals surface area contributed by atoms with Gasteiger partial charge in [0.2, 0.25) is 11.8 Å². The molecule has 2 bridgehead atoms. The molecular formula is C28H35N5O5S. The van der Waals surface area contributed by atoms with E-state index in [1.165, 1.54) is 6.08 Å². The minimum atomic E-state index is -0.856. The van der Waals surface area contributed by atoms with Crippen molar-refractivity contribution >= 4 is 40.6 Å². The molecule has 208 valence electrons. The van der Waals surface area contributed by atoms with Crippen molar-refractivity contribution in [3.63, 3.8) is 0 Å². The predicted octanol–water partition coefficient (Wildman–Crippen LogP) is 2.38. The minimum absolute atomic E-state index is 0.0588. The smallest absolute Gasteiger partial charge is 0.311 e. The largest absolute Gasteiger partial charge is 0.461 e. The first-order chi connectivity index (χ1) is 18.8. The number of benzene rings is 1. The van der Waals surface area contributed by atoms with Gasteiger partial charge in [0.05, 0.1) is 34.7 Å². The Bertz CT molecular complexity index is 1310. The number of likely N-dealkylation sites (tertiary alicyclic amines) is 1. The van der Waals surface area contributed by atoms with Crippen LogP contribution in [-0.2, 0) is 25.8 Å². The minimum Gasteiger partial charge on any atom is -0.461 e. The monoisotopic (exact) mass is 553 g/mol. The van der Waals surface area contributed by atoms with Gasteiger partial charge in [0, 0.05) is 11.3 Å². The van der Waals surface area contributed by atoms with E-state index in [1.807, 2.05) is 38.1 Å². The molecule has 1 aromatic heterocycles. The van der Waals surface area contributed by atoms with Gasteiger partial charge in [-0.1, -0.05) is 43.0 Å². The molecule has 10 nitrogen and oxygen atoms in total. The number of aliphatic hydroxyl groups excluding tert-OH is 1. The van der Waals surface area contributed by atoms with Crippen LogP contribution in [0.25, 0.3) is 11.0 Å². The maximum atomic E-state index is 14.6. The van der Waals surface area contributed by atoms with Crippen LogP contribution < -0.4 is 0 Å². The van der Waals surface area contributed by atoms with E-state index in [9.17, 15) is 19.5 Å². The van der Waals surface area contributed by atoms with Crippen LogP contribution in [0.4, 0.5) is 0 Å². The van der Waals surface area contributed by atoms with Gasteiger partial charge in [0.15, 0.2) is 0 Å². The molecule has 4 heterocycles. The second-order valence-corrected chi connectivity index (χ2v) is 12.6. The Morgan fingerprint density at radius 1 is 1.31 bits per heavy atom. The molecule has 3 aliphatic heterocycles. The molecule has 1 spiro atoms. The maximum Gasteiger partial charge on any atom is 0.311 e. The summed E-state index contributed by atoms with van der Waals surface area (Å²) in [5.41, 5.74) is 1.50. The number of rotatable bonds is 11. The van der Waals surface area contributed by atoms with Crippen LogP contribution in [0.15, 0.2) is 49.6 Å². The Morgan fingerprint density at radius 2 is 2.08 bits per heavy atom. The number of fused-ring (bicyclic) bond motifs is 2. The lowest BCUT2D eigenvalue weighted by Crippen LogP contribution is -2.57. The molecule has 0 aliphatic carbocycles. The molecule has 2 amide bonds. The van der Waals surface area contributed by atoms with E-state index >= 15 is 0 Å². The summed E-state index contributed by atoms with van der Waals surface area (Å²) in [4.78, 5) is 45.3. The number of aliphatic hydroxyl groups is 1. The van der Waals surface area contributed by atoms with E-state index in [4.69, 9.17) is 4.74 Å². The van der Waals surface area contributed by atoms with Crippen LogP contribution in [-0.4, -0.2) is 89.0 Å². The second kappa shape index (κ2) is 10.4. The van der Waals surface area contributed by atoms with E-state index < -0.39 is 39.4 Å². The lowest BCUT2D eigenvalue weighted by atomic mass is 9.66. The Morgan fingerprint density at radius 3 is 2.77 bits per heavy atom. The van der Waals surface area contributed by atoms with Gasteiger partial charge in [-0.2, -0.15) is 0 Å². The first kappa shape index (κ1) is 27.4. The highest BCUT2D eigenvalue weighted by molar-refractivity contribution is 8.02. The third kappa shape index (κ3) is 4.17. The molecule has 3 fully saturated rings. The topological polar surface area (TPSA) is 118 Å². The Hall–Kier alpha value is -3.18. The predicted molar refractivity (Wildman–Crippen MR) is 147 cm³/mol. The molecule has 3 saturated heterocycles. The number of carbonyl (C=O) groups excluding carboxylic acids is 3. The van der Waals surface area contributed by atoms with Crippen LogP contribution in [0.3, 0.4) is 0 Å². The maximum absolute atomic E-state index is 14.6. The Kier molecular flexibility index (Phi) is 7.32. The number of ether oxygens (including phenoxy) is 1. The average Bonchev–Trinajstić information content (AvgIpc) is 3.63. The molecule has 2 aromatic rings. The summed E-state index contributed by atoms with van der Waals surface area (Å²) in [7, 11) is 0. The van der Waals surface area contributed by atoms with Crippen molar-refractivity contribution in [1.29, 1.82) is 0 Å². The number of hydrogen-bond donors (Lipinski definition) is 1. The Labute approximate surface area is 232 Å². The summed E-state index contributed by atoms with van der Waals surface area (Å²) in [6.45, 7) is 11.5. The number of thioether (sulfide) groups is 1. The number of aromatic nitrogens is 3. The van der Waals surface area contributed by atoms with Gasteiger partial charge in [0.1, 0.15) is 24.8 Å². The van der Waals surface area contributed by atoms with Crippen molar-refractivity contribution in [3.8, 4) is 0 Å². The van der Waals surface area contributed by atoms with Crippen LogP contribution in [0.1, 0.15) is 33.1 Å². The van der Waals surface area contributed by atoms with Crippen molar-refractivity contribution in [3.05, 3.63) is 49.6 Å². The molecular weight excluding hydrogens is 518 g/mol. The fourth-order valence-corrected chi connectivity index (χ4v) is 9.09. The first-order valence-corrected chi connectivity index (χ1v) is 14.2. The highest BCUT2D eigenvalue weighted by Crippen LogP contribution is 2.71. The SMILES string of the molecule is C=CCOC(=O)[C@@H]1[C@H]2C(=O)N([C@@H](CC)CO)C(C(=O)N(CC=C)Cn3nnc4ccccc43)C23CC[C@@]1(C)S3. The summed E-state index contributed by atoms with van der Waals surface area (Å²) in [5.74, 6) is -2.37. The van der Waals surface area contributed by atoms with Gasteiger partial charge in [0.25, 0.3) is 0 Å². The molecule has 1 aromatic carbocycles. The second-order valence-electron chi connectivity index (χ2n) is 10.7. The number of amides is 2. The molecule has 6 atom stereocenters. The third-order valence-corrected chi connectivity index (χ3v) is 10.5. The van der Waals surface area contributed by atoms with Crippen molar-refractivity contribution in [2.75, 3.05) is 19.8 Å². The summed E-state index contributed by atoms with van der Waals surface area (Å²) >= 11 is 1.57. The standard InChI is InChI=1S/C28H35N5O5S/c1-5-14-31(17-32-20-11-9-8-10-19(20)29-30-32)25(36)23-28-13-12-27(4,39-28)22(26(37)38-15-6-2)21(28)24(35)33(23)18(7-3)16-34/h5-6,8-11,18,21-23,34H,1-2,7,12-17H2,3-4H3/t18-,21-,22-,23?,27+,28?/m0/s1. The van der Waals surface area contributed by atoms with Gasteiger partial charge < -0.3 is 19.6 Å². The van der Waals surface area contributed by atoms with Gasteiger partial charge in [-0.15, -0.1) is 23.4 Å². The number of nitrogens with zero attached hydrogens (tertiary/aromatic N) is 5. The van der Waals surface area contributed by atoms with Crippen LogP contribution in [0.2, 0.25) is 0 Å². The number of hydrogen-bond acceptors (Lipinski definition) is 8. The van der Waals surface area contributed by atoms with Crippen molar-refractivity contribution in [2.45, 2.75) is 61.4 Å². The van der Waals surface area contributed by atoms with E-state index in [2.05, 4.69) is 23.5 Å². The van der Waals surface area contributed by atoms with E-state index in [-0.39, 0.29) is 38.2 Å². The highest BCUT2D eigenvalue weighted by Gasteiger charge is 2.78. The molecule has 3 aliphatic rings. The van der Waals surface area contributed by atoms with Gasteiger partial charge >= 0.3 is 5.97 Å². The van der Waals surface area contributed by atoms with Crippen LogP contribution in [0.5, 0.6) is 0 Å². The quantitative estimate of drug-likeness (QED) is 0.333. The zero-order valence-corrected chi connectivity index (χ0v) is 23.2. The summed E-state index contributed by atoms with van der Waals surface area (Å²) in [5, 5.41) is 18.7. The summed E-state index contributed by atoms with van der Waals surface area (Å²) in [6, 6.07) is 6.09. The lowest BCUT2D eigenvalue weighted by Gasteiger charge is -2.39. The van der Waals surface area contributed by atoms with E-state index in [1.54, 1.807) is 32.3 Å². The molecule has 0 saturated carbocycles. The van der Waals surface area contributed by atoms with Crippen LogP contribution in [0, 0.1) is 11.8 Å². The summed E-state index contributed by atoms with van der Waals surface area (Å²) in [6.07, 6.45) is 4.91. The van der Waals surface area contributed by atoms with Gasteiger partial charge in [-0.25, -0.2) is 4.68 Å². The van der Waals surface area contributed by atoms with Crippen LogP contribution >= 0.6 is 11.8 Å². The molecule has 0 radical (unpaired) electrons. The van der Waals surface area contributed by atoms with Crippen molar-refractivity contribution in [2.24, 2.45) is 11.8 Å². The molecule has 39 heavy (non-hydrogen) atoms. The van der Waals surface area contributed by atoms with E-state index in [0.29, 0.717) is 24.8 Å². The fourth-order valence-electron chi connectivity index (χ4n) is 6.77. The van der Waals surface area contributed by atoms with E-state index in [0.717, 1.165) is 5.52 Å². The third-order valence-electron chi connectivity index (χ3n) is 8.51. The fraction of sp³-hybridized carbons (Fsp3) is 0.536. The van der Waals surface area contributed by atoms with Crippen molar-refractivity contribution in [1.82, 2.24) is 24.8 Å². The van der Waals surface area contributed by atoms with Crippen molar-refractivity contribution < 1.29 is 24.2 Å². The number of esters is 1. The normalized spacial score (nSPS) is 29.9. The highest BCUT2D eigenvalue weighted by atomic mass is 32.2. The molecule has 2 unspecified atom stereocenters. The molecule has 11 heteroatoms. The molecule has 1 N–H and O–H groups in total. The molecule has 5 rings (SSSR count). The zero-order chi connectivity index (χ0) is 27.9. The lowest BCUT2D eigenvalue weighted by molar-refractivity contribution is -0.155. The van der Waals surface area contributed by atoms with Gasteiger partial charge in [-0.05, 0) is 38.3 Å². The Balaban J connectivity index is 1.56. The first-order valence-electron chi connectivity index (χ1n) is 13.3. The van der Waals surface area contributed by atoms with Gasteiger partial charge in [-0.3, -0.25) is 14.4 Å².